The molecule has 2 unspecified atom stereocenters. The Hall–Kier alpha value is -0.420. The lowest BCUT2D eigenvalue weighted by molar-refractivity contribution is -0.230. The van der Waals surface area contributed by atoms with Gasteiger partial charge in [0.1, 0.15) is 0 Å². The van der Waals surface area contributed by atoms with E-state index in [0.29, 0.717) is 0 Å². The Bertz CT molecular complexity index is 277. The van der Waals surface area contributed by atoms with Gasteiger partial charge in [-0.15, -0.1) is 0 Å². The van der Waals surface area contributed by atoms with Crippen molar-refractivity contribution in [2.75, 3.05) is 0 Å². The molecular formula is C13H18F6. The molecule has 0 nitrogen and oxygen atoms in total. The van der Waals surface area contributed by atoms with Crippen molar-refractivity contribution in [1.29, 1.82) is 0 Å². The number of alkyl halides is 6. The Kier molecular flexibility index (Phi) is 4.07. The van der Waals surface area contributed by atoms with Crippen LogP contribution in [-0.2, 0) is 0 Å². The van der Waals surface area contributed by atoms with Crippen molar-refractivity contribution in [3.05, 3.63) is 0 Å². The van der Waals surface area contributed by atoms with E-state index < -0.39 is 36.5 Å². The molecule has 2 fully saturated rings. The SMILES string of the molecule is FC(F)(F)C1CC(C2CCCC2)CC(C(F)(F)F)C1. The second-order valence-corrected chi connectivity index (χ2v) is 5.99. The molecule has 2 atom stereocenters. The minimum atomic E-state index is -4.50. The summed E-state index contributed by atoms with van der Waals surface area (Å²) in [4.78, 5) is 0. The van der Waals surface area contributed by atoms with Crippen molar-refractivity contribution in [3.8, 4) is 0 Å². The highest BCUT2D eigenvalue weighted by molar-refractivity contribution is 4.89. The number of halogens is 6. The van der Waals surface area contributed by atoms with Gasteiger partial charge in [-0.05, 0) is 31.1 Å². The Morgan fingerprint density at radius 3 is 1.37 bits per heavy atom. The molecule has 2 saturated carbocycles. The predicted octanol–water partition coefficient (Wildman–Crippen LogP) is 5.33. The molecule has 0 aromatic heterocycles. The summed E-state index contributed by atoms with van der Waals surface area (Å²) in [7, 11) is 0. The Morgan fingerprint density at radius 2 is 1.00 bits per heavy atom. The first-order chi connectivity index (χ1) is 8.68. The van der Waals surface area contributed by atoms with Gasteiger partial charge < -0.3 is 0 Å². The van der Waals surface area contributed by atoms with Gasteiger partial charge in [-0.25, -0.2) is 0 Å². The Morgan fingerprint density at radius 1 is 0.579 bits per heavy atom. The van der Waals surface area contributed by atoms with Gasteiger partial charge in [0.05, 0.1) is 11.8 Å². The maximum absolute atomic E-state index is 12.8. The monoisotopic (exact) mass is 288 g/mol. The minimum absolute atomic E-state index is 0.0648. The highest BCUT2D eigenvalue weighted by atomic mass is 19.4. The van der Waals surface area contributed by atoms with Crippen molar-refractivity contribution < 1.29 is 26.3 Å². The van der Waals surface area contributed by atoms with Crippen LogP contribution in [0.15, 0.2) is 0 Å². The first-order valence-electron chi connectivity index (χ1n) is 6.81. The van der Waals surface area contributed by atoms with Crippen molar-refractivity contribution in [3.63, 3.8) is 0 Å². The highest BCUT2D eigenvalue weighted by Crippen LogP contribution is 2.51. The largest absolute Gasteiger partial charge is 0.391 e. The van der Waals surface area contributed by atoms with Gasteiger partial charge in [-0.2, -0.15) is 26.3 Å². The zero-order valence-corrected chi connectivity index (χ0v) is 10.5. The summed E-state index contributed by atoms with van der Waals surface area (Å²) < 4.78 is 76.8. The van der Waals surface area contributed by atoms with Crippen LogP contribution in [-0.4, -0.2) is 12.4 Å². The number of rotatable bonds is 1. The highest BCUT2D eigenvalue weighted by Gasteiger charge is 2.52. The van der Waals surface area contributed by atoms with Crippen LogP contribution in [0.1, 0.15) is 44.9 Å². The Labute approximate surface area is 108 Å². The molecule has 2 aliphatic rings. The fourth-order valence-corrected chi connectivity index (χ4v) is 3.71. The van der Waals surface area contributed by atoms with Gasteiger partial charge >= 0.3 is 12.4 Å². The van der Waals surface area contributed by atoms with Crippen molar-refractivity contribution >= 4 is 0 Å². The molecule has 0 radical (unpaired) electrons. The normalized spacial score (nSPS) is 34.7. The van der Waals surface area contributed by atoms with E-state index in [1.165, 1.54) is 0 Å². The smallest absolute Gasteiger partial charge is 0.171 e. The molecule has 0 aromatic rings. The van der Waals surface area contributed by atoms with E-state index in [1.54, 1.807) is 0 Å². The van der Waals surface area contributed by atoms with Crippen molar-refractivity contribution in [1.82, 2.24) is 0 Å². The fraction of sp³-hybridized carbons (Fsp3) is 1.00. The molecule has 0 aromatic carbocycles. The third-order valence-corrected chi connectivity index (χ3v) is 4.74. The second-order valence-electron chi connectivity index (χ2n) is 5.99. The minimum Gasteiger partial charge on any atom is -0.171 e. The van der Waals surface area contributed by atoms with Crippen molar-refractivity contribution in [2.45, 2.75) is 57.3 Å². The van der Waals surface area contributed by atoms with Crippen LogP contribution in [0.4, 0.5) is 26.3 Å². The van der Waals surface area contributed by atoms with E-state index >= 15 is 0 Å². The summed E-state index contributed by atoms with van der Waals surface area (Å²) in [5.41, 5.74) is 0. The van der Waals surface area contributed by atoms with Gasteiger partial charge in [0, 0.05) is 0 Å². The van der Waals surface area contributed by atoms with Crippen LogP contribution in [0.25, 0.3) is 0 Å². The summed E-state index contributed by atoms with van der Waals surface area (Å²) in [6.45, 7) is 0. The van der Waals surface area contributed by atoms with E-state index in [1.807, 2.05) is 0 Å². The third kappa shape index (κ3) is 3.57. The molecular weight excluding hydrogens is 270 g/mol. The molecule has 0 aliphatic heterocycles. The zero-order valence-electron chi connectivity index (χ0n) is 10.5. The van der Waals surface area contributed by atoms with Crippen LogP contribution in [0.2, 0.25) is 0 Å². The topological polar surface area (TPSA) is 0 Å². The molecule has 2 rings (SSSR count). The van der Waals surface area contributed by atoms with E-state index in [4.69, 9.17) is 0 Å². The maximum Gasteiger partial charge on any atom is 0.391 e. The Balaban J connectivity index is 2.11. The lowest BCUT2D eigenvalue weighted by atomic mass is 9.69. The molecule has 2 aliphatic carbocycles. The average Bonchev–Trinajstić information content (AvgIpc) is 2.79. The van der Waals surface area contributed by atoms with Gasteiger partial charge in [0.15, 0.2) is 0 Å². The van der Waals surface area contributed by atoms with Crippen LogP contribution >= 0.6 is 0 Å². The van der Waals surface area contributed by atoms with Crippen LogP contribution in [0, 0.1) is 23.7 Å². The summed E-state index contributed by atoms with van der Waals surface area (Å²) in [6.07, 6.45) is -6.54. The molecule has 0 heterocycles. The number of hydrogen-bond donors (Lipinski definition) is 0. The lowest BCUT2D eigenvalue weighted by Gasteiger charge is -2.39. The quantitative estimate of drug-likeness (QED) is 0.572. The first-order valence-corrected chi connectivity index (χ1v) is 6.81. The molecule has 0 bridgehead atoms. The maximum atomic E-state index is 12.8. The summed E-state index contributed by atoms with van der Waals surface area (Å²) in [5, 5.41) is 0. The van der Waals surface area contributed by atoms with E-state index in [-0.39, 0.29) is 18.8 Å². The van der Waals surface area contributed by atoms with Gasteiger partial charge in [-0.1, -0.05) is 25.7 Å². The van der Waals surface area contributed by atoms with Crippen LogP contribution < -0.4 is 0 Å². The summed E-state index contributed by atoms with van der Waals surface area (Å²) in [5.74, 6) is -3.90. The molecule has 0 N–H and O–H groups in total. The van der Waals surface area contributed by atoms with E-state index in [2.05, 4.69) is 0 Å². The molecule has 0 saturated heterocycles. The summed E-state index contributed by atoms with van der Waals surface area (Å²) in [6, 6.07) is 0. The molecule has 19 heavy (non-hydrogen) atoms. The van der Waals surface area contributed by atoms with Crippen LogP contribution in [0.3, 0.4) is 0 Å². The lowest BCUT2D eigenvalue weighted by Crippen LogP contribution is -2.39. The molecule has 0 amide bonds. The molecule has 0 spiro atoms. The third-order valence-electron chi connectivity index (χ3n) is 4.74. The average molecular weight is 288 g/mol. The van der Waals surface area contributed by atoms with Crippen LogP contribution in [0.5, 0.6) is 0 Å². The van der Waals surface area contributed by atoms with Gasteiger partial charge in [0.25, 0.3) is 0 Å². The number of hydrogen-bond acceptors (Lipinski definition) is 0. The van der Waals surface area contributed by atoms with E-state index in [0.717, 1.165) is 25.7 Å². The second kappa shape index (κ2) is 5.17. The molecule has 6 heteroatoms. The zero-order chi connectivity index (χ0) is 14.3. The van der Waals surface area contributed by atoms with Gasteiger partial charge in [-0.3, -0.25) is 0 Å². The molecule has 112 valence electrons. The summed E-state index contributed by atoms with van der Waals surface area (Å²) >= 11 is 0. The first kappa shape index (κ1) is 15.0. The van der Waals surface area contributed by atoms with E-state index in [9.17, 15) is 26.3 Å². The van der Waals surface area contributed by atoms with Crippen molar-refractivity contribution in [2.24, 2.45) is 23.7 Å². The fourth-order valence-electron chi connectivity index (χ4n) is 3.71. The predicted molar refractivity (Wildman–Crippen MR) is 58.4 cm³/mol. The van der Waals surface area contributed by atoms with Gasteiger partial charge in [0.2, 0.25) is 0 Å². The standard InChI is InChI=1S/C13H18F6/c14-12(15,16)10-5-9(8-3-1-2-4-8)6-11(7-10)13(17,18)19/h8-11H,1-7H2.